The van der Waals surface area contributed by atoms with E-state index in [1.807, 2.05) is 4.90 Å². The van der Waals surface area contributed by atoms with Crippen LogP contribution in [0.25, 0.3) is 0 Å². The highest BCUT2D eigenvalue weighted by molar-refractivity contribution is 7.92. The summed E-state index contributed by atoms with van der Waals surface area (Å²) >= 11 is 0. The van der Waals surface area contributed by atoms with Crippen LogP contribution in [-0.4, -0.2) is 57.8 Å². The number of anilines is 2. The molecule has 28 heavy (non-hydrogen) atoms. The van der Waals surface area contributed by atoms with E-state index in [0.717, 1.165) is 0 Å². The van der Waals surface area contributed by atoms with Crippen molar-refractivity contribution in [2.24, 2.45) is 0 Å². The van der Waals surface area contributed by atoms with Crippen LogP contribution in [0.2, 0.25) is 0 Å². The van der Waals surface area contributed by atoms with E-state index in [-0.39, 0.29) is 16.3 Å². The number of ether oxygens (including phenoxy) is 2. The highest BCUT2D eigenvalue weighted by Crippen LogP contribution is 2.23. The zero-order chi connectivity index (χ0) is 20.3. The first-order chi connectivity index (χ1) is 13.3. The SMILES string of the molecule is COC(=O)c1cccc(S(=O)(=O)Nc2cc(C)nc(N3CCOCC3)n2)c1C. The third kappa shape index (κ3) is 4.23. The summed E-state index contributed by atoms with van der Waals surface area (Å²) in [5.41, 5.74) is 1.13. The number of morpholine rings is 1. The minimum atomic E-state index is -3.96. The number of benzene rings is 1. The highest BCUT2D eigenvalue weighted by Gasteiger charge is 2.23. The highest BCUT2D eigenvalue weighted by atomic mass is 32.2. The average molecular weight is 406 g/mol. The van der Waals surface area contributed by atoms with Crippen LogP contribution in [0.5, 0.6) is 0 Å². The quantitative estimate of drug-likeness (QED) is 0.744. The van der Waals surface area contributed by atoms with Gasteiger partial charge >= 0.3 is 5.97 Å². The summed E-state index contributed by atoms with van der Waals surface area (Å²) in [5.74, 6) is 0.0138. The van der Waals surface area contributed by atoms with Crippen molar-refractivity contribution in [3.63, 3.8) is 0 Å². The van der Waals surface area contributed by atoms with E-state index >= 15 is 0 Å². The Hall–Kier alpha value is -2.72. The number of rotatable bonds is 5. The van der Waals surface area contributed by atoms with Crippen LogP contribution in [-0.2, 0) is 19.5 Å². The number of hydrogen-bond acceptors (Lipinski definition) is 8. The second-order valence-corrected chi connectivity index (χ2v) is 7.97. The smallest absolute Gasteiger partial charge is 0.338 e. The van der Waals surface area contributed by atoms with Gasteiger partial charge in [-0.05, 0) is 31.5 Å². The fourth-order valence-electron chi connectivity index (χ4n) is 2.94. The predicted octanol–water partition coefficient (Wildman–Crippen LogP) is 1.52. The number of carbonyl (C=O) groups excluding carboxylic acids is 1. The Kier molecular flexibility index (Phi) is 5.80. The molecule has 0 aliphatic carbocycles. The molecular formula is C18H22N4O5S. The summed E-state index contributed by atoms with van der Waals surface area (Å²) in [7, 11) is -2.72. The molecule has 0 unspecified atom stereocenters. The van der Waals surface area contributed by atoms with E-state index in [2.05, 4.69) is 14.7 Å². The van der Waals surface area contributed by atoms with Crippen LogP contribution in [0.15, 0.2) is 29.2 Å². The number of aryl methyl sites for hydroxylation is 1. The maximum atomic E-state index is 12.9. The first kappa shape index (κ1) is 20.0. The van der Waals surface area contributed by atoms with Crippen molar-refractivity contribution >= 4 is 27.8 Å². The average Bonchev–Trinajstić information content (AvgIpc) is 2.67. The zero-order valence-corrected chi connectivity index (χ0v) is 16.7. The van der Waals surface area contributed by atoms with Crippen LogP contribution in [0.4, 0.5) is 11.8 Å². The lowest BCUT2D eigenvalue weighted by Gasteiger charge is -2.27. The Labute approximate surface area is 163 Å². The molecule has 1 aliphatic heterocycles. The molecule has 2 heterocycles. The summed E-state index contributed by atoms with van der Waals surface area (Å²) < 4.78 is 38.4. The van der Waals surface area contributed by atoms with Gasteiger partial charge in [0.2, 0.25) is 5.95 Å². The maximum absolute atomic E-state index is 12.9. The van der Waals surface area contributed by atoms with Crippen LogP contribution in [0.1, 0.15) is 21.6 Å². The molecule has 1 N–H and O–H groups in total. The van der Waals surface area contributed by atoms with Crippen molar-refractivity contribution in [3.05, 3.63) is 41.1 Å². The largest absolute Gasteiger partial charge is 0.465 e. The fourth-order valence-corrected chi connectivity index (χ4v) is 4.20. The predicted molar refractivity (Wildman–Crippen MR) is 103 cm³/mol. The van der Waals surface area contributed by atoms with Crippen molar-refractivity contribution in [1.82, 2.24) is 9.97 Å². The van der Waals surface area contributed by atoms with E-state index in [0.29, 0.717) is 43.5 Å². The normalized spacial score (nSPS) is 14.6. The zero-order valence-electron chi connectivity index (χ0n) is 15.9. The second kappa shape index (κ2) is 8.11. The van der Waals surface area contributed by atoms with Gasteiger partial charge in [0.05, 0.1) is 30.8 Å². The van der Waals surface area contributed by atoms with Crippen LogP contribution < -0.4 is 9.62 Å². The molecule has 0 radical (unpaired) electrons. The molecule has 9 nitrogen and oxygen atoms in total. The minimum absolute atomic E-state index is 0.0143. The molecule has 0 saturated carbocycles. The van der Waals surface area contributed by atoms with Crippen molar-refractivity contribution in [2.45, 2.75) is 18.7 Å². The molecule has 0 amide bonds. The van der Waals surface area contributed by atoms with E-state index < -0.39 is 16.0 Å². The van der Waals surface area contributed by atoms with Gasteiger partial charge in [0.25, 0.3) is 10.0 Å². The molecule has 0 spiro atoms. The van der Waals surface area contributed by atoms with Crippen molar-refractivity contribution in [2.75, 3.05) is 43.0 Å². The molecule has 10 heteroatoms. The monoisotopic (exact) mass is 406 g/mol. The Morgan fingerprint density at radius 3 is 2.61 bits per heavy atom. The van der Waals surface area contributed by atoms with Gasteiger partial charge in [-0.3, -0.25) is 4.72 Å². The second-order valence-electron chi connectivity index (χ2n) is 6.32. The summed E-state index contributed by atoms with van der Waals surface area (Å²) in [6.07, 6.45) is 0. The third-order valence-electron chi connectivity index (χ3n) is 4.35. The topological polar surface area (TPSA) is 111 Å². The molecule has 0 bridgehead atoms. The lowest BCUT2D eigenvalue weighted by Crippen LogP contribution is -2.37. The minimum Gasteiger partial charge on any atom is -0.465 e. The molecule has 1 aromatic carbocycles. The van der Waals surface area contributed by atoms with Gasteiger partial charge in [-0.1, -0.05) is 6.07 Å². The lowest BCUT2D eigenvalue weighted by atomic mass is 10.1. The first-order valence-corrected chi connectivity index (χ1v) is 10.2. The number of methoxy groups -OCH3 is 1. The van der Waals surface area contributed by atoms with E-state index in [9.17, 15) is 13.2 Å². The van der Waals surface area contributed by atoms with Crippen LogP contribution >= 0.6 is 0 Å². The Bertz CT molecular complexity index is 987. The molecular weight excluding hydrogens is 384 g/mol. The Balaban J connectivity index is 1.93. The summed E-state index contributed by atoms with van der Waals surface area (Å²) in [6, 6.07) is 6.01. The number of sulfonamides is 1. The Morgan fingerprint density at radius 1 is 1.21 bits per heavy atom. The first-order valence-electron chi connectivity index (χ1n) is 8.71. The number of carbonyl (C=O) groups is 1. The summed E-state index contributed by atoms with van der Waals surface area (Å²) in [6.45, 7) is 5.74. The molecule has 150 valence electrons. The fraction of sp³-hybridized carbons (Fsp3) is 0.389. The number of hydrogen-bond donors (Lipinski definition) is 1. The molecule has 1 aromatic heterocycles. The van der Waals surface area contributed by atoms with Gasteiger partial charge in [0.1, 0.15) is 5.82 Å². The molecule has 0 atom stereocenters. The molecule has 3 rings (SSSR count). The summed E-state index contributed by atoms with van der Waals surface area (Å²) in [5, 5.41) is 0. The number of esters is 1. The van der Waals surface area contributed by atoms with Gasteiger partial charge in [-0.25, -0.2) is 18.2 Å². The van der Waals surface area contributed by atoms with Gasteiger partial charge in [-0.15, -0.1) is 0 Å². The lowest BCUT2D eigenvalue weighted by molar-refractivity contribution is 0.0599. The molecule has 1 aliphatic rings. The molecule has 1 saturated heterocycles. The van der Waals surface area contributed by atoms with E-state index in [1.54, 1.807) is 19.9 Å². The molecule has 1 fully saturated rings. The van der Waals surface area contributed by atoms with Gasteiger partial charge < -0.3 is 14.4 Å². The van der Waals surface area contributed by atoms with Crippen LogP contribution in [0.3, 0.4) is 0 Å². The third-order valence-corrected chi connectivity index (χ3v) is 5.85. The van der Waals surface area contributed by atoms with Crippen molar-refractivity contribution in [3.8, 4) is 0 Å². The maximum Gasteiger partial charge on any atom is 0.338 e. The summed E-state index contributed by atoms with van der Waals surface area (Å²) in [4.78, 5) is 22.5. The van der Waals surface area contributed by atoms with Gasteiger partial charge in [0.15, 0.2) is 0 Å². The van der Waals surface area contributed by atoms with E-state index in [4.69, 9.17) is 9.47 Å². The number of aromatic nitrogens is 2. The van der Waals surface area contributed by atoms with Crippen molar-refractivity contribution < 1.29 is 22.7 Å². The van der Waals surface area contributed by atoms with Gasteiger partial charge in [-0.2, -0.15) is 4.98 Å². The number of nitrogens with zero attached hydrogens (tertiary/aromatic N) is 3. The standard InChI is InChI=1S/C18H22N4O5S/c1-12-11-16(20-18(19-12)22-7-9-27-10-8-22)21-28(24,25)15-6-4-5-14(13(15)2)17(23)26-3/h4-6,11H,7-10H2,1-3H3,(H,19,20,21). The van der Waals surface area contributed by atoms with E-state index in [1.165, 1.54) is 25.3 Å². The van der Waals surface area contributed by atoms with Gasteiger partial charge in [0, 0.05) is 24.8 Å². The number of nitrogens with one attached hydrogen (secondary N) is 1. The van der Waals surface area contributed by atoms with Crippen LogP contribution in [0, 0.1) is 13.8 Å². The molecule has 2 aromatic rings. The van der Waals surface area contributed by atoms with Crippen molar-refractivity contribution in [1.29, 1.82) is 0 Å². The Morgan fingerprint density at radius 2 is 1.93 bits per heavy atom.